The molecule has 0 spiro atoms. The van der Waals surface area contributed by atoms with E-state index in [0.717, 1.165) is 12.0 Å². The van der Waals surface area contributed by atoms with Gasteiger partial charge in [-0.05, 0) is 37.1 Å². The third-order valence-corrected chi connectivity index (χ3v) is 3.25. The van der Waals surface area contributed by atoms with Gasteiger partial charge in [0.2, 0.25) is 11.7 Å². The quantitative estimate of drug-likeness (QED) is 0.920. The van der Waals surface area contributed by atoms with Gasteiger partial charge in [0.25, 0.3) is 0 Å². The molecule has 0 saturated carbocycles. The molecule has 19 heavy (non-hydrogen) atoms. The lowest BCUT2D eigenvalue weighted by Crippen LogP contribution is -2.25. The van der Waals surface area contributed by atoms with Crippen molar-refractivity contribution in [2.24, 2.45) is 5.73 Å². The van der Waals surface area contributed by atoms with Gasteiger partial charge in [0.15, 0.2) is 0 Å². The minimum atomic E-state index is -0.306. The summed E-state index contributed by atoms with van der Waals surface area (Å²) in [7, 11) is 0. The van der Waals surface area contributed by atoms with E-state index in [1.165, 1.54) is 12.1 Å². The molecule has 0 amide bonds. The highest BCUT2D eigenvalue weighted by Gasteiger charge is 2.20. The van der Waals surface area contributed by atoms with E-state index in [0.29, 0.717) is 17.3 Å². The van der Waals surface area contributed by atoms with Crippen molar-refractivity contribution in [1.82, 2.24) is 10.1 Å². The lowest BCUT2D eigenvalue weighted by molar-refractivity contribution is 0.340. The number of nitrogens with two attached hydrogens (primary N) is 1. The summed E-state index contributed by atoms with van der Waals surface area (Å²) < 4.78 is 18.6. The average Bonchev–Trinajstić information content (AvgIpc) is 2.85. The third kappa shape index (κ3) is 2.98. The van der Waals surface area contributed by atoms with Crippen molar-refractivity contribution in [1.29, 1.82) is 0 Å². The van der Waals surface area contributed by atoms with E-state index in [-0.39, 0.29) is 17.8 Å². The molecule has 4 nitrogen and oxygen atoms in total. The largest absolute Gasteiger partial charge is 0.339 e. The summed E-state index contributed by atoms with van der Waals surface area (Å²) in [6.07, 6.45) is 0.831. The summed E-state index contributed by atoms with van der Waals surface area (Å²) in [5.74, 6) is 0.569. The normalized spacial score (nSPS) is 14.4. The van der Waals surface area contributed by atoms with Crippen LogP contribution in [-0.4, -0.2) is 16.2 Å². The first-order valence-corrected chi connectivity index (χ1v) is 6.38. The molecule has 102 valence electrons. The number of rotatable bonds is 4. The molecule has 0 aliphatic carbocycles. The van der Waals surface area contributed by atoms with Gasteiger partial charge in [0.05, 0.1) is 5.92 Å². The van der Waals surface area contributed by atoms with Gasteiger partial charge >= 0.3 is 0 Å². The second kappa shape index (κ2) is 5.48. The van der Waals surface area contributed by atoms with Gasteiger partial charge in [-0.2, -0.15) is 4.98 Å². The van der Waals surface area contributed by atoms with Crippen LogP contribution in [0.4, 0.5) is 4.39 Å². The Hall–Kier alpha value is -1.75. The van der Waals surface area contributed by atoms with E-state index in [9.17, 15) is 4.39 Å². The Morgan fingerprint density at radius 3 is 2.74 bits per heavy atom. The maximum absolute atomic E-state index is 13.4. The van der Waals surface area contributed by atoms with Crippen LogP contribution in [0.15, 0.2) is 22.7 Å². The summed E-state index contributed by atoms with van der Waals surface area (Å²) in [6, 6.07) is 4.65. The number of hydrogen-bond acceptors (Lipinski definition) is 4. The third-order valence-electron chi connectivity index (χ3n) is 3.25. The maximum Gasteiger partial charge on any atom is 0.231 e. The summed E-state index contributed by atoms with van der Waals surface area (Å²) in [5, 5.41) is 3.90. The van der Waals surface area contributed by atoms with Gasteiger partial charge in [0.1, 0.15) is 5.82 Å². The first-order valence-electron chi connectivity index (χ1n) is 6.38. The second-order valence-electron chi connectivity index (χ2n) is 4.83. The SMILES string of the molecule is CCC(N)C(C)c1nc(-c2cc(C)cc(F)c2)no1. The van der Waals surface area contributed by atoms with E-state index < -0.39 is 0 Å². The van der Waals surface area contributed by atoms with E-state index in [4.69, 9.17) is 10.3 Å². The lowest BCUT2D eigenvalue weighted by atomic mass is 10.0. The van der Waals surface area contributed by atoms with E-state index in [1.54, 1.807) is 0 Å². The summed E-state index contributed by atoms with van der Waals surface area (Å²) in [4.78, 5) is 4.31. The standard InChI is InChI=1S/C14H18FN3O/c1-4-12(16)9(3)14-17-13(18-19-14)10-5-8(2)6-11(15)7-10/h5-7,9,12H,4,16H2,1-3H3. The molecule has 0 radical (unpaired) electrons. The van der Waals surface area contributed by atoms with Crippen LogP contribution in [0.3, 0.4) is 0 Å². The number of benzene rings is 1. The molecule has 0 aliphatic heterocycles. The van der Waals surface area contributed by atoms with Gasteiger partial charge in [-0.25, -0.2) is 4.39 Å². The molecule has 2 rings (SSSR count). The molecule has 2 unspecified atom stereocenters. The predicted molar refractivity (Wildman–Crippen MR) is 71.1 cm³/mol. The van der Waals surface area contributed by atoms with Crippen molar-refractivity contribution < 1.29 is 8.91 Å². The molecule has 0 fully saturated rings. The van der Waals surface area contributed by atoms with Crippen LogP contribution < -0.4 is 5.73 Å². The Bertz CT molecular complexity index is 547. The highest BCUT2D eigenvalue weighted by atomic mass is 19.1. The average molecular weight is 263 g/mol. The molecule has 0 bridgehead atoms. The molecule has 1 aromatic heterocycles. The molecule has 0 saturated heterocycles. The fourth-order valence-electron chi connectivity index (χ4n) is 1.94. The van der Waals surface area contributed by atoms with Crippen molar-refractivity contribution in [2.75, 3.05) is 0 Å². The van der Waals surface area contributed by atoms with Crippen LogP contribution >= 0.6 is 0 Å². The number of aryl methyl sites for hydroxylation is 1. The van der Waals surface area contributed by atoms with Crippen LogP contribution in [0.5, 0.6) is 0 Å². The first kappa shape index (κ1) is 13.7. The first-order chi connectivity index (χ1) is 9.01. The molecular formula is C14H18FN3O. The Morgan fingerprint density at radius 1 is 1.37 bits per heavy atom. The molecule has 2 N–H and O–H groups in total. The zero-order valence-electron chi connectivity index (χ0n) is 11.4. The number of halogens is 1. The van der Waals surface area contributed by atoms with E-state index in [1.807, 2.05) is 26.8 Å². The van der Waals surface area contributed by atoms with Crippen molar-refractivity contribution in [3.8, 4) is 11.4 Å². The van der Waals surface area contributed by atoms with Crippen molar-refractivity contribution in [3.05, 3.63) is 35.5 Å². The fourth-order valence-corrected chi connectivity index (χ4v) is 1.94. The summed E-state index contributed by atoms with van der Waals surface area (Å²) in [6.45, 7) is 5.78. The monoisotopic (exact) mass is 263 g/mol. The highest BCUT2D eigenvalue weighted by Crippen LogP contribution is 2.23. The van der Waals surface area contributed by atoms with Crippen molar-refractivity contribution in [2.45, 2.75) is 39.2 Å². The smallest absolute Gasteiger partial charge is 0.231 e. The molecule has 2 aromatic rings. The molecular weight excluding hydrogens is 245 g/mol. The minimum absolute atomic E-state index is 0.0130. The Balaban J connectivity index is 2.30. The minimum Gasteiger partial charge on any atom is -0.339 e. The Labute approximate surface area is 111 Å². The van der Waals surface area contributed by atoms with Crippen LogP contribution in [-0.2, 0) is 0 Å². The number of aromatic nitrogens is 2. The summed E-state index contributed by atoms with van der Waals surface area (Å²) in [5.41, 5.74) is 7.39. The fraction of sp³-hybridized carbons (Fsp3) is 0.429. The lowest BCUT2D eigenvalue weighted by Gasteiger charge is -2.13. The van der Waals surface area contributed by atoms with Gasteiger partial charge in [-0.1, -0.05) is 19.0 Å². The Morgan fingerprint density at radius 2 is 2.11 bits per heavy atom. The van der Waals surface area contributed by atoms with E-state index >= 15 is 0 Å². The van der Waals surface area contributed by atoms with Crippen LogP contribution in [0, 0.1) is 12.7 Å². The van der Waals surface area contributed by atoms with Crippen molar-refractivity contribution in [3.63, 3.8) is 0 Å². The van der Waals surface area contributed by atoms with Crippen LogP contribution in [0.25, 0.3) is 11.4 Å². The van der Waals surface area contributed by atoms with Crippen LogP contribution in [0.2, 0.25) is 0 Å². The topological polar surface area (TPSA) is 64.9 Å². The summed E-state index contributed by atoms with van der Waals surface area (Å²) >= 11 is 0. The van der Waals surface area contributed by atoms with Gasteiger partial charge in [-0.15, -0.1) is 0 Å². The van der Waals surface area contributed by atoms with Gasteiger partial charge in [0, 0.05) is 11.6 Å². The Kier molecular flexibility index (Phi) is 3.95. The second-order valence-corrected chi connectivity index (χ2v) is 4.83. The number of nitrogens with zero attached hydrogens (tertiary/aromatic N) is 2. The number of hydrogen-bond donors (Lipinski definition) is 1. The molecule has 2 atom stereocenters. The predicted octanol–water partition coefficient (Wildman–Crippen LogP) is 3.02. The molecule has 5 heteroatoms. The van der Waals surface area contributed by atoms with Gasteiger partial charge < -0.3 is 10.3 Å². The molecule has 1 aromatic carbocycles. The van der Waals surface area contributed by atoms with Gasteiger partial charge in [-0.3, -0.25) is 0 Å². The molecule has 1 heterocycles. The molecule has 0 aliphatic rings. The maximum atomic E-state index is 13.4. The zero-order valence-corrected chi connectivity index (χ0v) is 11.4. The van der Waals surface area contributed by atoms with Crippen LogP contribution in [0.1, 0.15) is 37.6 Å². The van der Waals surface area contributed by atoms with E-state index in [2.05, 4.69) is 10.1 Å². The highest BCUT2D eigenvalue weighted by molar-refractivity contribution is 5.55. The zero-order chi connectivity index (χ0) is 14.0. The van der Waals surface area contributed by atoms with Crippen molar-refractivity contribution >= 4 is 0 Å².